The van der Waals surface area contributed by atoms with Crippen LogP contribution in [0.3, 0.4) is 0 Å². The third-order valence-electron chi connectivity index (χ3n) is 5.19. The van der Waals surface area contributed by atoms with E-state index in [-0.39, 0.29) is 5.82 Å². The Morgan fingerprint density at radius 1 is 0.914 bits per heavy atom. The Morgan fingerprint density at radius 2 is 1.63 bits per heavy atom. The number of rotatable bonds is 6. The lowest BCUT2D eigenvalue weighted by Crippen LogP contribution is -2.21. The molecular formula is C26H22N4O5. The molecule has 3 aromatic carbocycles. The van der Waals surface area contributed by atoms with E-state index in [9.17, 15) is 9.59 Å². The van der Waals surface area contributed by atoms with Crippen molar-refractivity contribution in [3.05, 3.63) is 84.7 Å². The lowest BCUT2D eigenvalue weighted by atomic mass is 10.2. The molecule has 1 aliphatic heterocycles. The number of benzene rings is 3. The van der Waals surface area contributed by atoms with Crippen molar-refractivity contribution >= 4 is 17.6 Å². The second kappa shape index (κ2) is 10.1. The summed E-state index contributed by atoms with van der Waals surface area (Å²) in [6.07, 6.45) is 0.784. The second-order valence-corrected chi connectivity index (χ2v) is 7.71. The molecule has 5 rings (SSSR count). The summed E-state index contributed by atoms with van der Waals surface area (Å²) in [5, 5.41) is 7.03. The van der Waals surface area contributed by atoms with Gasteiger partial charge in [0.15, 0.2) is 23.9 Å². The largest absolute Gasteiger partial charge is 0.490 e. The third kappa shape index (κ3) is 5.14. The molecule has 4 aromatic rings. The van der Waals surface area contributed by atoms with Gasteiger partial charge in [0.25, 0.3) is 11.7 Å². The number of carbonyl (C=O) groups is 2. The van der Waals surface area contributed by atoms with Gasteiger partial charge < -0.3 is 19.5 Å². The van der Waals surface area contributed by atoms with E-state index in [1.54, 1.807) is 22.9 Å². The van der Waals surface area contributed by atoms with E-state index in [0.29, 0.717) is 36.2 Å². The topological polar surface area (TPSA) is 105 Å². The number of anilines is 1. The SMILES string of the molecule is O=C(COC(=O)c1nc(-c2ccccc2)n(-c2ccccc2)n1)Nc1ccc2c(c1)OCCCO2. The molecule has 0 saturated heterocycles. The summed E-state index contributed by atoms with van der Waals surface area (Å²) in [5.41, 5.74) is 2.04. The van der Waals surface area contributed by atoms with E-state index >= 15 is 0 Å². The molecule has 0 bridgehead atoms. The molecule has 1 N–H and O–H groups in total. The summed E-state index contributed by atoms with van der Waals surface area (Å²) >= 11 is 0. The van der Waals surface area contributed by atoms with E-state index in [0.717, 1.165) is 17.7 Å². The zero-order chi connectivity index (χ0) is 24.0. The first-order chi connectivity index (χ1) is 17.2. The molecule has 0 saturated carbocycles. The Hall–Kier alpha value is -4.66. The van der Waals surface area contributed by atoms with Gasteiger partial charge in [-0.15, -0.1) is 5.10 Å². The molecule has 0 spiro atoms. The monoisotopic (exact) mass is 470 g/mol. The Kier molecular flexibility index (Phi) is 6.38. The summed E-state index contributed by atoms with van der Waals surface area (Å²) in [7, 11) is 0. The summed E-state index contributed by atoms with van der Waals surface area (Å²) in [4.78, 5) is 29.5. The number of ether oxygens (including phenoxy) is 3. The van der Waals surface area contributed by atoms with Crippen molar-refractivity contribution < 1.29 is 23.8 Å². The van der Waals surface area contributed by atoms with Gasteiger partial charge in [-0.25, -0.2) is 14.5 Å². The van der Waals surface area contributed by atoms with Crippen LogP contribution in [0.25, 0.3) is 17.1 Å². The number of esters is 1. The third-order valence-corrected chi connectivity index (χ3v) is 5.19. The molecule has 9 heteroatoms. The smallest absolute Gasteiger partial charge is 0.378 e. The van der Waals surface area contributed by atoms with Gasteiger partial charge in [0.1, 0.15) is 0 Å². The number of nitrogens with one attached hydrogen (secondary N) is 1. The van der Waals surface area contributed by atoms with Crippen LogP contribution in [-0.2, 0) is 9.53 Å². The van der Waals surface area contributed by atoms with E-state index in [4.69, 9.17) is 14.2 Å². The number of fused-ring (bicyclic) bond motifs is 1. The molecular weight excluding hydrogens is 448 g/mol. The van der Waals surface area contributed by atoms with Gasteiger partial charge in [-0.1, -0.05) is 48.5 Å². The van der Waals surface area contributed by atoms with Crippen molar-refractivity contribution in [2.24, 2.45) is 0 Å². The number of aromatic nitrogens is 3. The van der Waals surface area contributed by atoms with Gasteiger partial charge in [-0.05, 0) is 24.3 Å². The lowest BCUT2D eigenvalue weighted by molar-refractivity contribution is -0.119. The highest BCUT2D eigenvalue weighted by Gasteiger charge is 2.21. The molecule has 2 heterocycles. The summed E-state index contributed by atoms with van der Waals surface area (Å²) < 4.78 is 18.0. The van der Waals surface area contributed by atoms with E-state index in [1.165, 1.54) is 0 Å². The molecule has 0 radical (unpaired) electrons. The van der Waals surface area contributed by atoms with E-state index in [1.807, 2.05) is 60.7 Å². The average molecular weight is 470 g/mol. The molecule has 0 aliphatic carbocycles. The van der Waals surface area contributed by atoms with Crippen LogP contribution in [0.2, 0.25) is 0 Å². The molecule has 0 atom stereocenters. The van der Waals surface area contributed by atoms with Crippen molar-refractivity contribution in [2.75, 3.05) is 25.1 Å². The van der Waals surface area contributed by atoms with Gasteiger partial charge in [0.05, 0.1) is 18.9 Å². The fraction of sp³-hybridized carbons (Fsp3) is 0.154. The van der Waals surface area contributed by atoms with Crippen LogP contribution in [0.1, 0.15) is 17.0 Å². The molecule has 176 valence electrons. The fourth-order valence-corrected chi connectivity index (χ4v) is 3.56. The first kappa shape index (κ1) is 22.1. The zero-order valence-corrected chi connectivity index (χ0v) is 18.7. The highest BCUT2D eigenvalue weighted by atomic mass is 16.5. The fourth-order valence-electron chi connectivity index (χ4n) is 3.56. The molecule has 1 aliphatic rings. The highest BCUT2D eigenvalue weighted by Crippen LogP contribution is 2.32. The van der Waals surface area contributed by atoms with Crippen LogP contribution in [0.5, 0.6) is 11.5 Å². The van der Waals surface area contributed by atoms with Gasteiger partial charge >= 0.3 is 5.97 Å². The summed E-state index contributed by atoms with van der Waals surface area (Å²) in [5.74, 6) is 0.225. The molecule has 0 unspecified atom stereocenters. The molecule has 9 nitrogen and oxygen atoms in total. The number of carbonyl (C=O) groups excluding carboxylic acids is 2. The zero-order valence-electron chi connectivity index (χ0n) is 18.7. The Balaban J connectivity index is 1.28. The van der Waals surface area contributed by atoms with Crippen LogP contribution in [0.15, 0.2) is 78.9 Å². The highest BCUT2D eigenvalue weighted by molar-refractivity contribution is 5.94. The maximum Gasteiger partial charge on any atom is 0.378 e. The van der Waals surface area contributed by atoms with Gasteiger partial charge in [0, 0.05) is 23.7 Å². The van der Waals surface area contributed by atoms with Crippen molar-refractivity contribution in [1.82, 2.24) is 14.8 Å². The number of nitrogens with zero attached hydrogens (tertiary/aromatic N) is 3. The maximum atomic E-state index is 12.7. The van der Waals surface area contributed by atoms with Crippen LogP contribution < -0.4 is 14.8 Å². The molecule has 1 amide bonds. The van der Waals surface area contributed by atoms with Crippen molar-refractivity contribution in [3.8, 4) is 28.6 Å². The molecule has 0 fully saturated rings. The first-order valence-electron chi connectivity index (χ1n) is 11.1. The predicted octanol–water partition coefficient (Wildman–Crippen LogP) is 3.89. The first-order valence-corrected chi connectivity index (χ1v) is 11.1. The van der Waals surface area contributed by atoms with Crippen LogP contribution in [-0.4, -0.2) is 46.5 Å². The predicted molar refractivity (Wildman–Crippen MR) is 128 cm³/mol. The normalized spacial score (nSPS) is 12.5. The van der Waals surface area contributed by atoms with Gasteiger partial charge in [0.2, 0.25) is 0 Å². The summed E-state index contributed by atoms with van der Waals surface area (Å²) in [6, 6.07) is 23.8. The van der Waals surface area contributed by atoms with Crippen molar-refractivity contribution in [3.63, 3.8) is 0 Å². The summed E-state index contributed by atoms with van der Waals surface area (Å²) in [6.45, 7) is 0.623. The molecule has 1 aromatic heterocycles. The van der Waals surface area contributed by atoms with E-state index < -0.39 is 18.5 Å². The van der Waals surface area contributed by atoms with Crippen LogP contribution in [0.4, 0.5) is 5.69 Å². The Labute approximate surface area is 201 Å². The average Bonchev–Trinajstić information content (AvgIpc) is 3.22. The van der Waals surface area contributed by atoms with Gasteiger partial charge in [-0.2, -0.15) is 0 Å². The van der Waals surface area contributed by atoms with Crippen LogP contribution >= 0.6 is 0 Å². The number of hydrogen-bond acceptors (Lipinski definition) is 7. The quantitative estimate of drug-likeness (QED) is 0.426. The molecule has 35 heavy (non-hydrogen) atoms. The minimum absolute atomic E-state index is 0.143. The van der Waals surface area contributed by atoms with Crippen molar-refractivity contribution in [2.45, 2.75) is 6.42 Å². The lowest BCUT2D eigenvalue weighted by Gasteiger charge is -2.10. The van der Waals surface area contributed by atoms with Gasteiger partial charge in [-0.3, -0.25) is 4.79 Å². The minimum Gasteiger partial charge on any atom is -0.490 e. The minimum atomic E-state index is -0.800. The number of amides is 1. The number of hydrogen-bond donors (Lipinski definition) is 1. The maximum absolute atomic E-state index is 12.7. The van der Waals surface area contributed by atoms with Crippen LogP contribution in [0, 0.1) is 0 Å². The Bertz CT molecular complexity index is 1280. The standard InChI is InChI=1S/C26H22N4O5/c31-23(27-19-12-13-21-22(16-19)34-15-7-14-33-21)17-35-26(32)24-28-25(18-8-3-1-4-9-18)30(29-24)20-10-5-2-6-11-20/h1-6,8-13,16H,7,14-15,17H2,(H,27,31). The van der Waals surface area contributed by atoms with E-state index in [2.05, 4.69) is 15.4 Å². The number of para-hydroxylation sites is 1. The second-order valence-electron chi connectivity index (χ2n) is 7.71. The Morgan fingerprint density at radius 3 is 2.40 bits per heavy atom. The van der Waals surface area contributed by atoms with Crippen molar-refractivity contribution in [1.29, 1.82) is 0 Å².